The molecule has 1 heterocycles. The number of ketones is 1. The number of anilines is 1. The van der Waals surface area contributed by atoms with Crippen LogP contribution in [-0.4, -0.2) is 33.3 Å². The minimum Gasteiger partial charge on any atom is -0.444 e. The van der Waals surface area contributed by atoms with Crippen LogP contribution in [0.15, 0.2) is 0 Å². The summed E-state index contributed by atoms with van der Waals surface area (Å²) in [4.78, 5) is 28.8. The van der Waals surface area contributed by atoms with Crippen LogP contribution in [0, 0.1) is 17.9 Å². The van der Waals surface area contributed by atoms with Crippen molar-refractivity contribution in [2.45, 2.75) is 77.9 Å². The van der Waals surface area contributed by atoms with Crippen molar-refractivity contribution in [1.82, 2.24) is 9.78 Å². The zero-order valence-electron chi connectivity index (χ0n) is 17.8. The van der Waals surface area contributed by atoms with Gasteiger partial charge in [-0.2, -0.15) is 5.10 Å². The molecule has 1 amide bonds. The second kappa shape index (κ2) is 6.33. The fourth-order valence-electron chi connectivity index (χ4n) is 5.19. The van der Waals surface area contributed by atoms with Crippen molar-refractivity contribution in [2.75, 3.05) is 5.32 Å². The molecule has 1 N–H and O–H groups in total. The predicted octanol–water partition coefficient (Wildman–Crippen LogP) is 3.87. The average molecular weight is 386 g/mol. The van der Waals surface area contributed by atoms with Crippen molar-refractivity contribution >= 4 is 17.7 Å². The van der Waals surface area contributed by atoms with E-state index in [1.165, 1.54) is 0 Å². The van der Waals surface area contributed by atoms with Crippen LogP contribution in [0.3, 0.4) is 0 Å². The SMILES string of the molecule is [C-]#[N+]C1C[C@]2(C)c3nn(C)c(NC(=O)OC(C)(C)C)c3CC[C@H]2C(C)(C)C1=O. The number of ether oxygens (including phenoxy) is 1. The Labute approximate surface area is 166 Å². The van der Waals surface area contributed by atoms with E-state index in [-0.39, 0.29) is 17.1 Å². The Morgan fingerprint density at radius 3 is 2.57 bits per heavy atom. The van der Waals surface area contributed by atoms with Crippen LogP contribution in [0.2, 0.25) is 0 Å². The van der Waals surface area contributed by atoms with Gasteiger partial charge in [0.15, 0.2) is 0 Å². The molecule has 3 atom stereocenters. The van der Waals surface area contributed by atoms with E-state index in [2.05, 4.69) is 17.1 Å². The predicted molar refractivity (Wildman–Crippen MR) is 106 cm³/mol. The molecule has 1 aromatic rings. The molecule has 7 nitrogen and oxygen atoms in total. The summed E-state index contributed by atoms with van der Waals surface area (Å²) in [5, 5.41) is 7.60. The van der Waals surface area contributed by atoms with E-state index in [9.17, 15) is 9.59 Å². The summed E-state index contributed by atoms with van der Waals surface area (Å²) in [5.41, 5.74) is 0.339. The summed E-state index contributed by atoms with van der Waals surface area (Å²) in [6, 6.07) is -0.647. The first-order valence-corrected chi connectivity index (χ1v) is 9.78. The van der Waals surface area contributed by atoms with E-state index in [0.717, 1.165) is 24.1 Å². The molecule has 7 heteroatoms. The Kier molecular flexibility index (Phi) is 4.61. The van der Waals surface area contributed by atoms with Gasteiger partial charge in [-0.15, -0.1) is 0 Å². The van der Waals surface area contributed by atoms with E-state index >= 15 is 0 Å². The zero-order valence-corrected chi connectivity index (χ0v) is 17.8. The van der Waals surface area contributed by atoms with Crippen molar-refractivity contribution in [3.8, 4) is 0 Å². The molecule has 3 rings (SSSR count). The van der Waals surface area contributed by atoms with Gasteiger partial charge in [0.05, 0.1) is 5.69 Å². The van der Waals surface area contributed by atoms with E-state index in [4.69, 9.17) is 16.4 Å². The largest absolute Gasteiger partial charge is 0.444 e. The van der Waals surface area contributed by atoms with Gasteiger partial charge in [0.25, 0.3) is 6.04 Å². The topological polar surface area (TPSA) is 77.6 Å². The van der Waals surface area contributed by atoms with E-state index in [1.54, 1.807) is 11.7 Å². The number of nitrogens with zero attached hydrogens (tertiary/aromatic N) is 3. The minimum atomic E-state index is -0.647. The lowest BCUT2D eigenvalue weighted by atomic mass is 9.50. The monoisotopic (exact) mass is 386 g/mol. The van der Waals surface area contributed by atoms with Crippen molar-refractivity contribution in [3.63, 3.8) is 0 Å². The number of hydrogen-bond donors (Lipinski definition) is 1. The highest BCUT2D eigenvalue weighted by atomic mass is 16.6. The smallest absolute Gasteiger partial charge is 0.413 e. The highest BCUT2D eigenvalue weighted by Crippen LogP contribution is 2.56. The van der Waals surface area contributed by atoms with E-state index in [0.29, 0.717) is 12.2 Å². The van der Waals surface area contributed by atoms with Gasteiger partial charge in [0.1, 0.15) is 11.4 Å². The van der Waals surface area contributed by atoms with Crippen LogP contribution >= 0.6 is 0 Å². The third-order valence-corrected chi connectivity index (χ3v) is 6.34. The third-order valence-electron chi connectivity index (χ3n) is 6.34. The van der Waals surface area contributed by atoms with Gasteiger partial charge in [0, 0.05) is 29.9 Å². The van der Waals surface area contributed by atoms with Gasteiger partial charge >= 0.3 is 6.09 Å². The second-order valence-electron chi connectivity index (χ2n) is 9.87. The molecule has 0 aromatic carbocycles. The molecule has 2 aliphatic carbocycles. The first-order chi connectivity index (χ1) is 12.8. The summed E-state index contributed by atoms with van der Waals surface area (Å²) in [6.07, 6.45) is 1.51. The molecule has 0 bridgehead atoms. The van der Waals surface area contributed by atoms with Crippen molar-refractivity contribution in [1.29, 1.82) is 0 Å². The molecule has 1 saturated carbocycles. The Morgan fingerprint density at radius 2 is 2.00 bits per heavy atom. The van der Waals surface area contributed by atoms with Gasteiger partial charge in [-0.25, -0.2) is 11.4 Å². The lowest BCUT2D eigenvalue weighted by Gasteiger charge is -2.51. The number of carbonyl (C=O) groups is 2. The quantitative estimate of drug-likeness (QED) is 0.743. The molecular weight excluding hydrogens is 356 g/mol. The number of nitrogens with one attached hydrogen (secondary N) is 1. The Morgan fingerprint density at radius 1 is 1.36 bits per heavy atom. The maximum absolute atomic E-state index is 12.8. The number of rotatable bonds is 1. The van der Waals surface area contributed by atoms with Crippen LogP contribution in [0.25, 0.3) is 4.85 Å². The summed E-state index contributed by atoms with van der Waals surface area (Å²) >= 11 is 0. The molecule has 152 valence electrons. The van der Waals surface area contributed by atoms with Crippen molar-refractivity contribution < 1.29 is 14.3 Å². The second-order valence-corrected chi connectivity index (χ2v) is 9.87. The molecular formula is C21H30N4O3. The van der Waals surface area contributed by atoms with Gasteiger partial charge in [-0.3, -0.25) is 14.8 Å². The first-order valence-electron chi connectivity index (χ1n) is 9.78. The number of Topliss-reactive ketones (excluding diaryl/α,β-unsaturated/α-hetero) is 1. The molecule has 0 saturated heterocycles. The molecule has 1 aromatic heterocycles. The number of aromatic nitrogens is 2. The van der Waals surface area contributed by atoms with Crippen LogP contribution in [0.4, 0.5) is 10.6 Å². The number of carbonyl (C=O) groups excluding carboxylic acids is 2. The van der Waals surface area contributed by atoms with Crippen LogP contribution in [0.5, 0.6) is 0 Å². The standard InChI is InChI=1S/C21H30N4O3/c1-19(2,3)28-18(27)23-17-12-9-10-14-20(4,5)16(26)13(22-7)11-21(14,6)15(12)24-25(17)8/h13-14H,9-11H2,1-6,8H3,(H,23,27)/t13?,14-,21-/m0/s1. The lowest BCUT2D eigenvalue weighted by molar-refractivity contribution is -0.137. The maximum atomic E-state index is 12.8. The highest BCUT2D eigenvalue weighted by Gasteiger charge is 2.61. The molecule has 0 aliphatic heterocycles. The van der Waals surface area contributed by atoms with Crippen molar-refractivity contribution in [3.05, 3.63) is 22.7 Å². The molecule has 1 unspecified atom stereocenters. The van der Waals surface area contributed by atoms with Gasteiger partial charge in [-0.1, -0.05) is 20.8 Å². The zero-order chi connectivity index (χ0) is 21.1. The molecule has 0 spiro atoms. The van der Waals surface area contributed by atoms with Crippen LogP contribution in [0.1, 0.15) is 65.6 Å². The highest BCUT2D eigenvalue weighted by molar-refractivity contribution is 5.92. The van der Waals surface area contributed by atoms with E-state index in [1.807, 2.05) is 34.6 Å². The molecule has 0 radical (unpaired) electrons. The minimum absolute atomic E-state index is 0.0384. The number of fused-ring (bicyclic) bond motifs is 3. The van der Waals surface area contributed by atoms with E-state index < -0.39 is 23.2 Å². The number of hydrogen-bond acceptors (Lipinski definition) is 4. The van der Waals surface area contributed by atoms with Crippen molar-refractivity contribution in [2.24, 2.45) is 18.4 Å². The lowest BCUT2D eigenvalue weighted by Crippen LogP contribution is -2.56. The Balaban J connectivity index is 2.01. The van der Waals surface area contributed by atoms with Gasteiger partial charge < -0.3 is 9.58 Å². The summed E-state index contributed by atoms with van der Waals surface area (Å²) in [6.45, 7) is 19.0. The third kappa shape index (κ3) is 3.09. The fraction of sp³-hybridized carbons (Fsp3) is 0.714. The summed E-state index contributed by atoms with van der Waals surface area (Å²) in [7, 11) is 1.80. The van der Waals surface area contributed by atoms with Gasteiger partial charge in [0.2, 0.25) is 5.78 Å². The van der Waals surface area contributed by atoms with Crippen LogP contribution < -0.4 is 5.32 Å². The fourth-order valence-corrected chi connectivity index (χ4v) is 5.19. The summed E-state index contributed by atoms with van der Waals surface area (Å²) in [5.74, 6) is 0.789. The maximum Gasteiger partial charge on any atom is 0.413 e. The molecule has 28 heavy (non-hydrogen) atoms. The molecule has 2 aliphatic rings. The Bertz CT molecular complexity index is 871. The number of amides is 1. The van der Waals surface area contributed by atoms with Gasteiger partial charge in [-0.05, 0) is 39.5 Å². The average Bonchev–Trinajstić information content (AvgIpc) is 2.87. The van der Waals surface area contributed by atoms with Crippen LogP contribution in [-0.2, 0) is 28.4 Å². The normalized spacial score (nSPS) is 28.7. The Hall–Kier alpha value is -2.36. The number of aryl methyl sites for hydroxylation is 1. The first kappa shape index (κ1) is 20.4. The summed E-state index contributed by atoms with van der Waals surface area (Å²) < 4.78 is 7.07. The molecule has 1 fully saturated rings.